The number of cyclic esters (lactones) is 1. The molecule has 1 aliphatic rings. The van der Waals surface area contributed by atoms with Crippen LogP contribution in [0.2, 0.25) is 14.8 Å². The number of esters is 1. The van der Waals surface area contributed by atoms with Crippen molar-refractivity contribution in [1.82, 2.24) is 0 Å². The second-order valence-corrected chi connectivity index (χ2v) is 19.0. The van der Waals surface area contributed by atoms with E-state index in [4.69, 9.17) is 4.74 Å². The molecule has 0 aromatic heterocycles. The minimum atomic E-state index is -1.98. The molecular weight excluding hydrogens is 259 g/mol. The fourth-order valence-corrected chi connectivity index (χ4v) is 5.37. The van der Waals surface area contributed by atoms with Crippen molar-refractivity contribution in [3.63, 3.8) is 0 Å². The number of hydrogen-bond acceptors (Lipinski definition) is 2. The van der Waals surface area contributed by atoms with Gasteiger partial charge in [-0.25, -0.2) is 0 Å². The molecule has 1 fully saturated rings. The van der Waals surface area contributed by atoms with Crippen molar-refractivity contribution in [1.29, 1.82) is 0 Å². The molecule has 0 bridgehead atoms. The molecular formula is C9H16O2Sn. The number of carbonyl (C=O) groups is 1. The van der Waals surface area contributed by atoms with E-state index in [1.165, 1.54) is 3.59 Å². The van der Waals surface area contributed by atoms with Gasteiger partial charge >= 0.3 is 77.8 Å². The van der Waals surface area contributed by atoms with E-state index >= 15 is 0 Å². The number of ether oxygens (including phenoxy) is 1. The second-order valence-electron chi connectivity index (χ2n) is 4.36. The van der Waals surface area contributed by atoms with E-state index in [1.54, 1.807) is 0 Å². The summed E-state index contributed by atoms with van der Waals surface area (Å²) in [6.45, 7) is 4.68. The van der Waals surface area contributed by atoms with Crippen LogP contribution < -0.4 is 0 Å². The van der Waals surface area contributed by atoms with Crippen LogP contribution in [0, 0.1) is 5.92 Å². The SMILES string of the molecule is C=[C](C1COC(=O)C1)[Sn]([CH3])([CH3])[CH3]. The van der Waals surface area contributed by atoms with E-state index in [0.717, 1.165) is 0 Å². The number of rotatable bonds is 2. The Bertz CT molecular complexity index is 215. The average molecular weight is 275 g/mol. The molecule has 0 N–H and O–H groups in total. The molecule has 1 heterocycles. The average Bonchev–Trinajstić information content (AvgIpc) is 2.32. The van der Waals surface area contributed by atoms with Crippen LogP contribution in [0.4, 0.5) is 0 Å². The second kappa shape index (κ2) is 3.40. The summed E-state index contributed by atoms with van der Waals surface area (Å²) >= 11 is -1.98. The number of hydrogen-bond donors (Lipinski definition) is 0. The maximum atomic E-state index is 10.8. The molecule has 12 heavy (non-hydrogen) atoms. The van der Waals surface area contributed by atoms with Crippen molar-refractivity contribution in [3.05, 3.63) is 10.2 Å². The first-order valence-corrected chi connectivity index (χ1v) is 14.2. The van der Waals surface area contributed by atoms with Gasteiger partial charge in [0.25, 0.3) is 0 Å². The van der Waals surface area contributed by atoms with E-state index in [0.29, 0.717) is 18.9 Å². The first kappa shape index (κ1) is 10.1. The monoisotopic (exact) mass is 276 g/mol. The summed E-state index contributed by atoms with van der Waals surface area (Å²) in [4.78, 5) is 17.8. The van der Waals surface area contributed by atoms with Gasteiger partial charge in [0, 0.05) is 0 Å². The standard InChI is InChI=1S/C6H7O2.3CH3.Sn/c1-2-5-3-6(7)8-4-5;;;;/h5H,1,3-4H2;3*1H3;. The van der Waals surface area contributed by atoms with Crippen molar-refractivity contribution in [2.75, 3.05) is 6.61 Å². The summed E-state index contributed by atoms with van der Waals surface area (Å²) in [5.74, 6) is 0.269. The van der Waals surface area contributed by atoms with Gasteiger partial charge in [0.2, 0.25) is 0 Å². The van der Waals surface area contributed by atoms with Gasteiger partial charge in [0.05, 0.1) is 0 Å². The van der Waals surface area contributed by atoms with Gasteiger partial charge in [0.15, 0.2) is 0 Å². The van der Waals surface area contributed by atoms with Crippen LogP contribution in [-0.4, -0.2) is 31.0 Å². The molecule has 0 aromatic carbocycles. The Morgan fingerprint density at radius 2 is 2.17 bits per heavy atom. The Hall–Kier alpha value is 0.00870. The zero-order valence-corrected chi connectivity index (χ0v) is 10.9. The molecule has 1 aliphatic heterocycles. The molecule has 68 valence electrons. The topological polar surface area (TPSA) is 26.3 Å². The first-order valence-electron chi connectivity index (χ1n) is 4.26. The Morgan fingerprint density at radius 3 is 2.50 bits per heavy atom. The van der Waals surface area contributed by atoms with Crippen molar-refractivity contribution in [3.8, 4) is 0 Å². The summed E-state index contributed by atoms with van der Waals surface area (Å²) < 4.78 is 6.24. The summed E-state index contributed by atoms with van der Waals surface area (Å²) in [6, 6.07) is 0. The fourth-order valence-electron chi connectivity index (χ4n) is 1.35. The predicted octanol–water partition coefficient (Wildman–Crippen LogP) is 1.98. The van der Waals surface area contributed by atoms with Crippen LogP contribution in [0.3, 0.4) is 0 Å². The van der Waals surface area contributed by atoms with E-state index in [1.807, 2.05) is 0 Å². The normalized spacial score (nSPS) is 23.9. The molecule has 0 amide bonds. The van der Waals surface area contributed by atoms with E-state index < -0.39 is 18.4 Å². The van der Waals surface area contributed by atoms with Crippen LogP contribution in [0.1, 0.15) is 6.42 Å². The quantitative estimate of drug-likeness (QED) is 0.569. The van der Waals surface area contributed by atoms with E-state index in [9.17, 15) is 4.79 Å². The van der Waals surface area contributed by atoms with Crippen LogP contribution in [0.25, 0.3) is 0 Å². The van der Waals surface area contributed by atoms with Crippen LogP contribution in [0.5, 0.6) is 0 Å². The van der Waals surface area contributed by atoms with Crippen LogP contribution in [0.15, 0.2) is 10.2 Å². The fraction of sp³-hybridized carbons (Fsp3) is 0.667. The van der Waals surface area contributed by atoms with Crippen LogP contribution >= 0.6 is 0 Å². The molecule has 1 atom stereocenters. The van der Waals surface area contributed by atoms with Gasteiger partial charge in [-0.2, -0.15) is 0 Å². The van der Waals surface area contributed by atoms with Gasteiger partial charge in [-0.3, -0.25) is 0 Å². The van der Waals surface area contributed by atoms with Gasteiger partial charge in [-0.1, -0.05) is 0 Å². The Balaban J connectivity index is 2.61. The predicted molar refractivity (Wildman–Crippen MR) is 51.6 cm³/mol. The molecule has 1 saturated heterocycles. The van der Waals surface area contributed by atoms with Gasteiger partial charge < -0.3 is 0 Å². The summed E-state index contributed by atoms with van der Waals surface area (Å²) in [6.07, 6.45) is 0.563. The van der Waals surface area contributed by atoms with Crippen molar-refractivity contribution < 1.29 is 9.53 Å². The van der Waals surface area contributed by atoms with Gasteiger partial charge in [-0.05, 0) is 0 Å². The number of carbonyl (C=O) groups excluding carboxylic acids is 1. The zero-order valence-electron chi connectivity index (χ0n) is 8.02. The Labute approximate surface area is 77.9 Å². The van der Waals surface area contributed by atoms with E-state index in [-0.39, 0.29) is 5.97 Å². The first-order chi connectivity index (χ1) is 5.41. The molecule has 1 rings (SSSR count). The molecule has 0 radical (unpaired) electrons. The summed E-state index contributed by atoms with van der Waals surface area (Å²) in [5, 5.41) is 0. The van der Waals surface area contributed by atoms with Gasteiger partial charge in [0.1, 0.15) is 0 Å². The molecule has 0 saturated carbocycles. The third-order valence-electron chi connectivity index (χ3n) is 2.31. The van der Waals surface area contributed by atoms with Crippen molar-refractivity contribution in [2.45, 2.75) is 21.2 Å². The molecule has 0 aliphatic carbocycles. The Kier molecular flexibility index (Phi) is 2.86. The maximum absolute atomic E-state index is 10.8. The molecule has 3 heteroatoms. The molecule has 2 nitrogen and oxygen atoms in total. The van der Waals surface area contributed by atoms with Crippen molar-refractivity contribution >= 4 is 24.3 Å². The molecule has 1 unspecified atom stereocenters. The third-order valence-corrected chi connectivity index (χ3v) is 8.98. The van der Waals surface area contributed by atoms with Crippen LogP contribution in [-0.2, 0) is 9.53 Å². The van der Waals surface area contributed by atoms with E-state index in [2.05, 4.69) is 21.4 Å². The zero-order chi connectivity index (χ0) is 9.35. The minimum absolute atomic E-state index is 0.0586. The summed E-state index contributed by atoms with van der Waals surface area (Å²) in [7, 11) is 0. The van der Waals surface area contributed by atoms with Gasteiger partial charge in [-0.15, -0.1) is 0 Å². The summed E-state index contributed by atoms with van der Waals surface area (Å²) in [5.41, 5.74) is 0. The van der Waals surface area contributed by atoms with Crippen molar-refractivity contribution in [2.24, 2.45) is 5.92 Å². The molecule has 0 spiro atoms. The Morgan fingerprint density at radius 1 is 1.58 bits per heavy atom. The molecule has 0 aromatic rings. The third kappa shape index (κ3) is 2.25.